The van der Waals surface area contributed by atoms with Gasteiger partial charge in [-0.1, -0.05) is 0 Å². The van der Waals surface area contributed by atoms with E-state index in [2.05, 4.69) is 25.9 Å². The number of amides is 2. The van der Waals surface area contributed by atoms with Crippen LogP contribution in [-0.2, 0) is 4.79 Å². The fraction of sp³-hybridized carbons (Fsp3) is 0.391. The van der Waals surface area contributed by atoms with Gasteiger partial charge in [0.15, 0.2) is 0 Å². The summed E-state index contributed by atoms with van der Waals surface area (Å²) in [5.74, 6) is 0.323. The summed E-state index contributed by atoms with van der Waals surface area (Å²) in [5.41, 5.74) is 1.37. The molecule has 3 N–H and O–H groups in total. The number of nitrogens with zero attached hydrogens (tertiary/aromatic N) is 2. The molecule has 5 rings (SSSR count). The van der Waals surface area contributed by atoms with Gasteiger partial charge in [-0.3, -0.25) is 9.59 Å². The lowest BCUT2D eigenvalue weighted by molar-refractivity contribution is -0.120. The summed E-state index contributed by atoms with van der Waals surface area (Å²) >= 11 is 1.33. The minimum Gasteiger partial charge on any atom is -0.488 e. The highest BCUT2D eigenvalue weighted by molar-refractivity contribution is 7.20. The van der Waals surface area contributed by atoms with Crippen LogP contribution in [0.2, 0.25) is 0 Å². The number of hydrogen-bond donors (Lipinski definition) is 3. The summed E-state index contributed by atoms with van der Waals surface area (Å²) in [6, 6.07) is 4.63. The Morgan fingerprint density at radius 3 is 2.67 bits per heavy atom. The van der Waals surface area contributed by atoms with Crippen molar-refractivity contribution in [3.05, 3.63) is 40.8 Å². The second kappa shape index (κ2) is 8.58. The molecule has 0 spiro atoms. The summed E-state index contributed by atoms with van der Waals surface area (Å²) in [6.07, 6.45) is 4.68. The van der Waals surface area contributed by atoms with Crippen LogP contribution in [0.1, 0.15) is 47.8 Å². The molecule has 0 unspecified atom stereocenters. The number of anilines is 2. The third-order valence-corrected chi connectivity index (χ3v) is 7.04. The molecular weight excluding hydrogens is 445 g/mol. The smallest absolute Gasteiger partial charge is 0.261 e. The van der Waals surface area contributed by atoms with Crippen molar-refractivity contribution in [2.24, 2.45) is 0 Å². The van der Waals surface area contributed by atoms with Crippen molar-refractivity contribution in [1.29, 1.82) is 0 Å². The van der Waals surface area contributed by atoms with Gasteiger partial charge in [0.2, 0.25) is 5.91 Å². The highest BCUT2D eigenvalue weighted by atomic mass is 32.1. The number of carbonyl (C=O) groups excluding carboxylic acids is 2. The average Bonchev–Trinajstić information content (AvgIpc) is 3.48. The first-order valence-corrected chi connectivity index (χ1v) is 11.7. The van der Waals surface area contributed by atoms with Crippen LogP contribution < -0.4 is 20.7 Å². The maximum atomic E-state index is 14.0. The van der Waals surface area contributed by atoms with Crippen LogP contribution in [0.25, 0.3) is 10.2 Å². The van der Waals surface area contributed by atoms with Crippen LogP contribution >= 0.6 is 11.3 Å². The largest absolute Gasteiger partial charge is 0.488 e. The monoisotopic (exact) mass is 469 g/mol. The van der Waals surface area contributed by atoms with Crippen molar-refractivity contribution < 1.29 is 18.7 Å². The number of nitrogens with one attached hydrogen (secondary N) is 3. The molecule has 2 heterocycles. The Bertz CT molecular complexity index is 1240. The summed E-state index contributed by atoms with van der Waals surface area (Å²) in [7, 11) is 0. The molecule has 2 aromatic heterocycles. The van der Waals surface area contributed by atoms with Gasteiger partial charge in [0.25, 0.3) is 5.91 Å². The lowest BCUT2D eigenvalue weighted by Gasteiger charge is -2.36. The molecule has 2 saturated carbocycles. The predicted molar refractivity (Wildman–Crippen MR) is 124 cm³/mol. The molecule has 0 radical (unpaired) electrons. The fourth-order valence-electron chi connectivity index (χ4n) is 3.93. The molecule has 2 amide bonds. The number of aryl methyl sites for hydroxylation is 1. The standard InChI is InChI=1S/C23H24FN5O3S/c1-11-19-21(25-10-26-23(19)33-20(11)22(31)28-14-4-5-14)29-17-6-3-13(24)7-18(17)32-16-8-15(9-16)27-12(2)30/h3,6-7,10,14-16H,4-5,8-9H2,1-2H3,(H,27,30)(H,28,31)(H,25,26,29)/t15-,16-. The fourth-order valence-corrected chi connectivity index (χ4v) is 4.98. The van der Waals surface area contributed by atoms with E-state index in [4.69, 9.17) is 4.74 Å². The number of rotatable bonds is 7. The highest BCUT2D eigenvalue weighted by Gasteiger charge is 2.32. The first-order valence-electron chi connectivity index (χ1n) is 10.9. The Kier molecular flexibility index (Phi) is 5.61. The number of halogens is 1. The summed E-state index contributed by atoms with van der Waals surface area (Å²) in [5, 5.41) is 9.88. The zero-order valence-electron chi connectivity index (χ0n) is 18.3. The Morgan fingerprint density at radius 1 is 1.15 bits per heavy atom. The molecule has 0 atom stereocenters. The van der Waals surface area contributed by atoms with Crippen LogP contribution in [0.3, 0.4) is 0 Å². The second-order valence-electron chi connectivity index (χ2n) is 8.58. The molecule has 2 fully saturated rings. The van der Waals surface area contributed by atoms with Gasteiger partial charge < -0.3 is 20.7 Å². The SMILES string of the molecule is CC(=O)N[C@H]1C[C@H](Oc2cc(F)ccc2Nc2ncnc3sc(C(=O)NC4CC4)c(C)c23)C1. The van der Waals surface area contributed by atoms with E-state index in [1.54, 1.807) is 6.07 Å². The van der Waals surface area contributed by atoms with Crippen molar-refractivity contribution in [2.75, 3.05) is 5.32 Å². The van der Waals surface area contributed by atoms with Gasteiger partial charge in [-0.15, -0.1) is 11.3 Å². The van der Waals surface area contributed by atoms with Crippen LogP contribution in [0.15, 0.2) is 24.5 Å². The first-order chi connectivity index (χ1) is 15.9. The molecule has 10 heteroatoms. The van der Waals surface area contributed by atoms with Crippen LogP contribution in [0, 0.1) is 12.7 Å². The maximum Gasteiger partial charge on any atom is 0.261 e. The Balaban J connectivity index is 1.39. The van der Waals surface area contributed by atoms with Gasteiger partial charge in [-0.2, -0.15) is 0 Å². The number of aromatic nitrogens is 2. The van der Waals surface area contributed by atoms with Crippen LogP contribution in [-0.4, -0.2) is 40.0 Å². The molecule has 2 aliphatic rings. The molecule has 2 aliphatic carbocycles. The van der Waals surface area contributed by atoms with E-state index in [1.165, 1.54) is 36.7 Å². The number of hydrogen-bond acceptors (Lipinski definition) is 7. The van der Waals surface area contributed by atoms with Gasteiger partial charge in [-0.25, -0.2) is 14.4 Å². The zero-order valence-corrected chi connectivity index (χ0v) is 19.1. The van der Waals surface area contributed by atoms with E-state index >= 15 is 0 Å². The lowest BCUT2D eigenvalue weighted by atomic mass is 9.89. The Morgan fingerprint density at radius 2 is 1.94 bits per heavy atom. The number of carbonyl (C=O) groups is 2. The van der Waals surface area contributed by atoms with E-state index in [-0.39, 0.29) is 30.0 Å². The van der Waals surface area contributed by atoms with Crippen molar-refractivity contribution in [3.8, 4) is 5.75 Å². The van der Waals surface area contributed by atoms with Gasteiger partial charge in [-0.05, 0) is 37.5 Å². The normalized spacial score (nSPS) is 19.6. The van der Waals surface area contributed by atoms with E-state index in [1.807, 2.05) is 6.92 Å². The molecule has 0 bridgehead atoms. The number of fused-ring (bicyclic) bond motifs is 1. The van der Waals surface area contributed by atoms with Gasteiger partial charge in [0, 0.05) is 37.9 Å². The molecule has 1 aromatic carbocycles. The third kappa shape index (κ3) is 4.61. The summed E-state index contributed by atoms with van der Waals surface area (Å²) < 4.78 is 20.0. The van der Waals surface area contributed by atoms with E-state index in [9.17, 15) is 14.0 Å². The molecule has 172 valence electrons. The quantitative estimate of drug-likeness (QED) is 0.486. The van der Waals surface area contributed by atoms with Gasteiger partial charge >= 0.3 is 0 Å². The molecule has 0 aliphatic heterocycles. The third-order valence-electron chi connectivity index (χ3n) is 5.84. The zero-order chi connectivity index (χ0) is 23.1. The Labute approximate surface area is 194 Å². The average molecular weight is 470 g/mol. The minimum atomic E-state index is -0.410. The number of benzene rings is 1. The topological polar surface area (TPSA) is 105 Å². The maximum absolute atomic E-state index is 14.0. The molecule has 0 saturated heterocycles. The summed E-state index contributed by atoms with van der Waals surface area (Å²) in [6.45, 7) is 3.37. The highest BCUT2D eigenvalue weighted by Crippen LogP contribution is 2.38. The summed E-state index contributed by atoms with van der Waals surface area (Å²) in [4.78, 5) is 33.9. The van der Waals surface area contributed by atoms with Crippen molar-refractivity contribution in [1.82, 2.24) is 20.6 Å². The van der Waals surface area contributed by atoms with Crippen LogP contribution in [0.4, 0.5) is 15.9 Å². The van der Waals surface area contributed by atoms with Gasteiger partial charge in [0.1, 0.15) is 34.6 Å². The van der Waals surface area contributed by atoms with E-state index in [0.29, 0.717) is 39.8 Å². The molecule has 3 aromatic rings. The number of thiophene rings is 1. The second-order valence-corrected chi connectivity index (χ2v) is 9.58. The molecular formula is C23H24FN5O3S. The van der Waals surface area contributed by atoms with Crippen molar-refractivity contribution in [3.63, 3.8) is 0 Å². The Hall–Kier alpha value is -3.27. The van der Waals surface area contributed by atoms with Crippen molar-refractivity contribution >= 4 is 44.9 Å². The molecule has 33 heavy (non-hydrogen) atoms. The number of ether oxygens (including phenoxy) is 1. The molecule has 8 nitrogen and oxygen atoms in total. The van der Waals surface area contributed by atoms with Gasteiger partial charge in [0.05, 0.1) is 16.0 Å². The van der Waals surface area contributed by atoms with Crippen molar-refractivity contribution in [2.45, 2.75) is 57.7 Å². The van der Waals surface area contributed by atoms with E-state index < -0.39 is 5.82 Å². The predicted octanol–water partition coefficient (Wildman–Crippen LogP) is 3.82. The van der Waals surface area contributed by atoms with E-state index in [0.717, 1.165) is 23.8 Å². The lowest BCUT2D eigenvalue weighted by Crippen LogP contribution is -2.48. The first kappa shape index (κ1) is 21.6. The van der Waals surface area contributed by atoms with Crippen LogP contribution in [0.5, 0.6) is 5.75 Å². The minimum absolute atomic E-state index is 0.0735.